The van der Waals surface area contributed by atoms with Gasteiger partial charge in [0, 0.05) is 5.88 Å². The van der Waals surface area contributed by atoms with Crippen LogP contribution in [0.15, 0.2) is 0 Å². The predicted octanol–water partition coefficient (Wildman–Crippen LogP) is 0.214. The first-order chi connectivity index (χ1) is 4.66. The molecule has 0 unspecified atom stereocenters. The van der Waals surface area contributed by atoms with E-state index in [1.807, 2.05) is 0 Å². The van der Waals surface area contributed by atoms with Crippen molar-refractivity contribution in [3.63, 3.8) is 0 Å². The monoisotopic (exact) mass is 166 g/mol. The molecule has 0 saturated carbocycles. The van der Waals surface area contributed by atoms with Crippen LogP contribution in [-0.2, 0) is 14.7 Å². The maximum atomic E-state index is 10.3. The number of hydrogen-bond donors (Lipinski definition) is 1. The maximum absolute atomic E-state index is 10.3. The van der Waals surface area contributed by atoms with Gasteiger partial charge < -0.3 is 4.84 Å². The third kappa shape index (κ3) is 5.17. The Morgan fingerprint density at radius 1 is 1.50 bits per heavy atom. The summed E-state index contributed by atoms with van der Waals surface area (Å²) in [5, 5.41) is 9.58. The highest BCUT2D eigenvalue weighted by Crippen LogP contribution is 1.86. The Hall–Kier alpha value is -0.970. The second kappa shape index (κ2) is 4.87. The number of carbonyl (C=O) groups excluding carboxylic acids is 2. The lowest BCUT2D eigenvalue weighted by atomic mass is 10.5. The van der Waals surface area contributed by atoms with Crippen molar-refractivity contribution in [1.29, 1.82) is 0 Å². The van der Waals surface area contributed by atoms with Gasteiger partial charge in [0.2, 0.25) is 0 Å². The predicted molar refractivity (Wildman–Crippen MR) is 30.6 cm³/mol. The number of amides is 1. The molecule has 0 aromatic carbocycles. The molecule has 0 bridgehead atoms. The highest BCUT2D eigenvalue weighted by Gasteiger charge is 2.03. The van der Waals surface area contributed by atoms with E-state index in [2.05, 4.69) is 4.84 Å². The fourth-order valence-corrected chi connectivity index (χ4v) is 0.381. The first-order valence-electron chi connectivity index (χ1n) is 2.39. The van der Waals surface area contributed by atoms with E-state index in [0.717, 1.165) is 0 Å². The quantitative estimate of drug-likeness (QED) is 0.471. The number of carbonyl (C=O) groups is 2. The zero-order chi connectivity index (χ0) is 7.98. The Morgan fingerprint density at radius 3 is 2.50 bits per heavy atom. The lowest BCUT2D eigenvalue weighted by molar-refractivity contribution is -0.149. The standard InChI is InChI=1S/C4H5ClNO4/c5-2-1-3(7)10-6-4(8)9/h6H,1-2H2. The van der Waals surface area contributed by atoms with Gasteiger partial charge in [0.1, 0.15) is 0 Å². The van der Waals surface area contributed by atoms with Crippen molar-refractivity contribution >= 4 is 23.7 Å². The number of alkyl halides is 1. The Bertz CT molecular complexity index is 137. The lowest BCUT2D eigenvalue weighted by Gasteiger charge is -1.97. The Morgan fingerprint density at radius 2 is 2.10 bits per heavy atom. The van der Waals surface area contributed by atoms with Crippen molar-refractivity contribution in [3.8, 4) is 0 Å². The highest BCUT2D eigenvalue weighted by molar-refractivity contribution is 6.18. The van der Waals surface area contributed by atoms with Crippen molar-refractivity contribution in [1.82, 2.24) is 5.48 Å². The summed E-state index contributed by atoms with van der Waals surface area (Å²) in [7, 11) is 0. The van der Waals surface area contributed by atoms with Gasteiger partial charge >= 0.3 is 12.1 Å². The molecule has 0 saturated heterocycles. The summed E-state index contributed by atoms with van der Waals surface area (Å²) in [6.45, 7) is 0. The van der Waals surface area contributed by atoms with Gasteiger partial charge in [0.25, 0.3) is 0 Å². The Balaban J connectivity index is 3.30. The fourth-order valence-electron chi connectivity index (χ4n) is 0.227. The first-order valence-corrected chi connectivity index (χ1v) is 2.93. The SMILES string of the molecule is [O]C(=O)NOC(=O)CCCl. The highest BCUT2D eigenvalue weighted by atomic mass is 35.5. The van der Waals surface area contributed by atoms with Crippen LogP contribution in [0.5, 0.6) is 0 Å². The van der Waals surface area contributed by atoms with Crippen molar-refractivity contribution in [2.24, 2.45) is 0 Å². The zero-order valence-corrected chi connectivity index (χ0v) is 5.68. The van der Waals surface area contributed by atoms with E-state index in [0.29, 0.717) is 0 Å². The van der Waals surface area contributed by atoms with Crippen LogP contribution >= 0.6 is 11.6 Å². The van der Waals surface area contributed by atoms with Gasteiger partial charge in [0.15, 0.2) is 0 Å². The molecule has 0 fully saturated rings. The number of nitrogens with one attached hydrogen (secondary N) is 1. The molecule has 0 aromatic rings. The van der Waals surface area contributed by atoms with E-state index in [4.69, 9.17) is 11.6 Å². The molecule has 5 nitrogen and oxygen atoms in total. The molecule has 0 aliphatic heterocycles. The minimum atomic E-state index is -1.66. The average Bonchev–Trinajstić information content (AvgIpc) is 1.85. The van der Waals surface area contributed by atoms with E-state index in [1.54, 1.807) is 0 Å². The van der Waals surface area contributed by atoms with Gasteiger partial charge in [-0.15, -0.1) is 17.1 Å². The molecule has 57 valence electrons. The van der Waals surface area contributed by atoms with E-state index >= 15 is 0 Å². The molecular formula is C4H5ClNO4. The van der Waals surface area contributed by atoms with Crippen LogP contribution in [-0.4, -0.2) is 17.9 Å². The fraction of sp³-hybridized carbons (Fsp3) is 0.500. The molecule has 1 N–H and O–H groups in total. The van der Waals surface area contributed by atoms with Gasteiger partial charge in [-0.2, -0.15) is 0 Å². The minimum Gasteiger partial charge on any atom is -0.338 e. The van der Waals surface area contributed by atoms with E-state index < -0.39 is 12.1 Å². The van der Waals surface area contributed by atoms with Gasteiger partial charge in [-0.1, -0.05) is 0 Å². The summed E-state index contributed by atoms with van der Waals surface area (Å²) in [6, 6.07) is 0. The number of hydroxylamine groups is 1. The number of rotatable bonds is 2. The summed E-state index contributed by atoms with van der Waals surface area (Å²) in [5.41, 5.74) is 1.33. The third-order valence-corrected chi connectivity index (χ3v) is 0.736. The molecule has 1 amide bonds. The average molecular weight is 167 g/mol. The molecule has 0 aliphatic rings. The van der Waals surface area contributed by atoms with E-state index in [1.165, 1.54) is 5.48 Å². The second-order valence-corrected chi connectivity index (χ2v) is 1.68. The first kappa shape index (κ1) is 9.03. The van der Waals surface area contributed by atoms with Crippen LogP contribution in [0.3, 0.4) is 0 Å². The second-order valence-electron chi connectivity index (χ2n) is 1.30. The number of hydrogen-bond acceptors (Lipinski definition) is 3. The number of halogens is 1. The zero-order valence-electron chi connectivity index (χ0n) is 4.93. The van der Waals surface area contributed by atoms with Crippen LogP contribution in [0.4, 0.5) is 4.79 Å². The van der Waals surface area contributed by atoms with E-state index in [9.17, 15) is 14.7 Å². The molecule has 1 radical (unpaired) electrons. The summed E-state index contributed by atoms with van der Waals surface area (Å²) >= 11 is 5.12. The van der Waals surface area contributed by atoms with Crippen LogP contribution in [0.2, 0.25) is 0 Å². The molecule has 0 rings (SSSR count). The summed E-state index contributed by atoms with van der Waals surface area (Å²) in [4.78, 5) is 23.8. The summed E-state index contributed by atoms with van der Waals surface area (Å²) in [5.74, 6) is -0.646. The van der Waals surface area contributed by atoms with Crippen molar-refractivity contribution < 1.29 is 19.5 Å². The molecule has 0 aromatic heterocycles. The third-order valence-electron chi connectivity index (χ3n) is 0.547. The van der Waals surface area contributed by atoms with Crippen molar-refractivity contribution in [2.45, 2.75) is 6.42 Å². The topological polar surface area (TPSA) is 75.3 Å². The largest absolute Gasteiger partial charge is 0.482 e. The van der Waals surface area contributed by atoms with Gasteiger partial charge in [0.05, 0.1) is 6.42 Å². The van der Waals surface area contributed by atoms with Crippen molar-refractivity contribution in [3.05, 3.63) is 0 Å². The Kier molecular flexibility index (Phi) is 4.39. The summed E-state index contributed by atoms with van der Waals surface area (Å²) < 4.78 is 0. The van der Waals surface area contributed by atoms with Crippen LogP contribution in [0.1, 0.15) is 6.42 Å². The Labute approximate surface area is 61.9 Å². The lowest BCUT2D eigenvalue weighted by Crippen LogP contribution is -2.24. The van der Waals surface area contributed by atoms with E-state index in [-0.39, 0.29) is 12.3 Å². The van der Waals surface area contributed by atoms with Crippen molar-refractivity contribution in [2.75, 3.05) is 5.88 Å². The smallest absolute Gasteiger partial charge is 0.338 e. The van der Waals surface area contributed by atoms with Gasteiger partial charge in [-0.05, 0) is 0 Å². The van der Waals surface area contributed by atoms with Gasteiger partial charge in [-0.3, -0.25) is 0 Å². The maximum Gasteiger partial charge on any atom is 0.482 e. The summed E-state index contributed by atoms with van der Waals surface area (Å²) in [6.07, 6.45) is -1.70. The molecule has 0 aliphatic carbocycles. The van der Waals surface area contributed by atoms with Crippen LogP contribution in [0, 0.1) is 0 Å². The molecule has 0 spiro atoms. The van der Waals surface area contributed by atoms with Crippen LogP contribution in [0.25, 0.3) is 0 Å². The molecule has 0 atom stereocenters. The van der Waals surface area contributed by atoms with Crippen LogP contribution < -0.4 is 5.48 Å². The molecule has 6 heteroatoms. The minimum absolute atomic E-state index is 0.0398. The molecule has 10 heavy (non-hydrogen) atoms. The van der Waals surface area contributed by atoms with Gasteiger partial charge in [-0.25, -0.2) is 14.7 Å². The normalized spacial score (nSPS) is 8.50. The molecular weight excluding hydrogens is 162 g/mol. The molecule has 0 heterocycles.